The molecule has 0 saturated carbocycles. The molecule has 1 saturated heterocycles. The van der Waals surface area contributed by atoms with Gasteiger partial charge in [0.05, 0.1) is 6.54 Å². The van der Waals surface area contributed by atoms with Gasteiger partial charge < -0.3 is 5.73 Å². The molecule has 1 fully saturated rings. The first-order chi connectivity index (χ1) is 7.29. The molecule has 1 aliphatic rings. The number of aromatic nitrogens is 3. The van der Waals surface area contributed by atoms with Crippen LogP contribution in [0.25, 0.3) is 0 Å². The Morgan fingerprint density at radius 3 is 3.20 bits per heavy atom. The van der Waals surface area contributed by atoms with E-state index in [4.69, 9.17) is 5.73 Å². The van der Waals surface area contributed by atoms with Gasteiger partial charge in [0.15, 0.2) is 0 Å². The van der Waals surface area contributed by atoms with Crippen LogP contribution in [-0.4, -0.2) is 38.8 Å². The highest BCUT2D eigenvalue weighted by Crippen LogP contribution is 2.10. The zero-order valence-corrected chi connectivity index (χ0v) is 9.26. The van der Waals surface area contributed by atoms with Gasteiger partial charge in [-0.1, -0.05) is 0 Å². The summed E-state index contributed by atoms with van der Waals surface area (Å²) in [7, 11) is 0. The molecule has 2 heterocycles. The minimum atomic E-state index is 0.330. The third-order valence-corrected chi connectivity index (χ3v) is 2.90. The summed E-state index contributed by atoms with van der Waals surface area (Å²) in [6.07, 6.45) is 3.97. The quantitative estimate of drug-likeness (QED) is 0.773. The van der Waals surface area contributed by atoms with Crippen molar-refractivity contribution in [2.24, 2.45) is 5.73 Å². The van der Waals surface area contributed by atoms with E-state index in [0.29, 0.717) is 6.04 Å². The van der Waals surface area contributed by atoms with Crippen molar-refractivity contribution in [2.75, 3.05) is 13.1 Å². The fourth-order valence-electron chi connectivity index (χ4n) is 2.11. The van der Waals surface area contributed by atoms with Crippen molar-refractivity contribution in [3.8, 4) is 0 Å². The summed E-state index contributed by atoms with van der Waals surface area (Å²) in [5, 5.41) is 4.17. The van der Waals surface area contributed by atoms with Crippen molar-refractivity contribution < 1.29 is 0 Å². The van der Waals surface area contributed by atoms with Crippen LogP contribution >= 0.6 is 0 Å². The lowest BCUT2D eigenvalue weighted by molar-refractivity contribution is 0.194. The van der Waals surface area contributed by atoms with Gasteiger partial charge in [0, 0.05) is 19.1 Å². The number of hydrogen-bond acceptors (Lipinski definition) is 4. The van der Waals surface area contributed by atoms with Gasteiger partial charge in [0.25, 0.3) is 0 Å². The molecule has 5 heteroatoms. The second-order valence-electron chi connectivity index (χ2n) is 4.13. The topological polar surface area (TPSA) is 60.0 Å². The molecule has 15 heavy (non-hydrogen) atoms. The van der Waals surface area contributed by atoms with Crippen LogP contribution < -0.4 is 5.73 Å². The second-order valence-corrected chi connectivity index (χ2v) is 4.13. The molecule has 2 rings (SSSR count). The van der Waals surface area contributed by atoms with E-state index in [1.54, 1.807) is 6.33 Å². The lowest BCUT2D eigenvalue weighted by atomic mass is 10.1. The van der Waals surface area contributed by atoms with Crippen LogP contribution in [0, 0.1) is 0 Å². The molecule has 1 unspecified atom stereocenters. The monoisotopic (exact) mass is 209 g/mol. The molecular formula is C10H19N5. The van der Waals surface area contributed by atoms with E-state index >= 15 is 0 Å². The van der Waals surface area contributed by atoms with E-state index in [1.165, 1.54) is 6.42 Å². The van der Waals surface area contributed by atoms with Crippen molar-refractivity contribution in [2.45, 2.75) is 38.9 Å². The number of aryl methyl sites for hydroxylation is 1. The van der Waals surface area contributed by atoms with Crippen molar-refractivity contribution >= 4 is 0 Å². The summed E-state index contributed by atoms with van der Waals surface area (Å²) in [4.78, 5) is 6.64. The SMILES string of the molecule is CCn1ncnc1CN1CCCC(N)C1. The van der Waals surface area contributed by atoms with Crippen LogP contribution in [0.2, 0.25) is 0 Å². The molecule has 0 spiro atoms. The van der Waals surface area contributed by atoms with Gasteiger partial charge >= 0.3 is 0 Å². The Kier molecular flexibility index (Phi) is 3.33. The molecule has 0 aromatic carbocycles. The maximum atomic E-state index is 5.94. The summed E-state index contributed by atoms with van der Waals surface area (Å²) in [6.45, 7) is 5.96. The van der Waals surface area contributed by atoms with Crippen LogP contribution in [0.5, 0.6) is 0 Å². The van der Waals surface area contributed by atoms with Gasteiger partial charge in [0.2, 0.25) is 0 Å². The number of nitrogens with two attached hydrogens (primary N) is 1. The van der Waals surface area contributed by atoms with Gasteiger partial charge in [-0.05, 0) is 26.3 Å². The number of rotatable bonds is 3. The highest BCUT2D eigenvalue weighted by atomic mass is 15.3. The average Bonchev–Trinajstić information content (AvgIpc) is 2.65. The fraction of sp³-hybridized carbons (Fsp3) is 0.800. The lowest BCUT2D eigenvalue weighted by Crippen LogP contribution is -2.42. The van der Waals surface area contributed by atoms with Gasteiger partial charge in [-0.2, -0.15) is 5.10 Å². The Hall–Kier alpha value is -0.940. The van der Waals surface area contributed by atoms with E-state index in [1.807, 2.05) is 4.68 Å². The molecule has 0 aliphatic carbocycles. The van der Waals surface area contributed by atoms with Gasteiger partial charge in [-0.25, -0.2) is 9.67 Å². The van der Waals surface area contributed by atoms with Gasteiger partial charge in [-0.3, -0.25) is 4.90 Å². The number of nitrogens with zero attached hydrogens (tertiary/aromatic N) is 4. The number of piperidine rings is 1. The van der Waals surface area contributed by atoms with E-state index in [0.717, 1.165) is 38.4 Å². The number of likely N-dealkylation sites (tertiary alicyclic amines) is 1. The summed E-state index contributed by atoms with van der Waals surface area (Å²) in [5.74, 6) is 1.05. The Morgan fingerprint density at radius 2 is 2.47 bits per heavy atom. The summed E-state index contributed by atoms with van der Waals surface area (Å²) >= 11 is 0. The molecule has 1 atom stereocenters. The molecule has 84 valence electrons. The maximum Gasteiger partial charge on any atom is 0.140 e. The van der Waals surface area contributed by atoms with Crippen molar-refractivity contribution in [1.29, 1.82) is 0 Å². The normalized spacial score (nSPS) is 23.2. The highest BCUT2D eigenvalue weighted by Gasteiger charge is 2.18. The van der Waals surface area contributed by atoms with Crippen LogP contribution in [0.15, 0.2) is 6.33 Å². The van der Waals surface area contributed by atoms with Crippen LogP contribution in [0.3, 0.4) is 0 Å². The minimum Gasteiger partial charge on any atom is -0.327 e. The standard InChI is InChI=1S/C10H19N5/c1-2-15-10(12-8-13-15)7-14-5-3-4-9(11)6-14/h8-9H,2-7,11H2,1H3. The van der Waals surface area contributed by atoms with Crippen LogP contribution in [0.1, 0.15) is 25.6 Å². The van der Waals surface area contributed by atoms with Crippen LogP contribution in [0.4, 0.5) is 0 Å². The predicted octanol–water partition coefficient (Wildman–Crippen LogP) is 0.221. The molecule has 1 aliphatic heterocycles. The fourth-order valence-corrected chi connectivity index (χ4v) is 2.11. The van der Waals surface area contributed by atoms with Crippen molar-refractivity contribution in [3.63, 3.8) is 0 Å². The summed E-state index contributed by atoms with van der Waals surface area (Å²) < 4.78 is 1.94. The zero-order chi connectivity index (χ0) is 10.7. The molecule has 5 nitrogen and oxygen atoms in total. The summed E-state index contributed by atoms with van der Waals surface area (Å²) in [5.41, 5.74) is 5.94. The minimum absolute atomic E-state index is 0.330. The molecule has 1 aromatic heterocycles. The van der Waals surface area contributed by atoms with Crippen molar-refractivity contribution in [3.05, 3.63) is 12.2 Å². The van der Waals surface area contributed by atoms with E-state index in [2.05, 4.69) is 21.9 Å². The molecular weight excluding hydrogens is 190 g/mol. The van der Waals surface area contributed by atoms with E-state index in [-0.39, 0.29) is 0 Å². The van der Waals surface area contributed by atoms with Gasteiger partial charge in [0.1, 0.15) is 12.2 Å². The smallest absolute Gasteiger partial charge is 0.140 e. The molecule has 2 N–H and O–H groups in total. The Morgan fingerprint density at radius 1 is 1.60 bits per heavy atom. The van der Waals surface area contributed by atoms with Gasteiger partial charge in [-0.15, -0.1) is 0 Å². The van der Waals surface area contributed by atoms with E-state index < -0.39 is 0 Å². The lowest BCUT2D eigenvalue weighted by Gasteiger charge is -2.30. The van der Waals surface area contributed by atoms with Crippen LogP contribution in [-0.2, 0) is 13.1 Å². The molecule has 0 radical (unpaired) electrons. The third-order valence-electron chi connectivity index (χ3n) is 2.90. The van der Waals surface area contributed by atoms with Crippen molar-refractivity contribution in [1.82, 2.24) is 19.7 Å². The maximum absolute atomic E-state index is 5.94. The zero-order valence-electron chi connectivity index (χ0n) is 9.26. The Balaban J connectivity index is 1.96. The first-order valence-corrected chi connectivity index (χ1v) is 5.64. The first-order valence-electron chi connectivity index (χ1n) is 5.64. The molecule has 0 amide bonds. The Labute approximate surface area is 90.3 Å². The first kappa shape index (κ1) is 10.6. The average molecular weight is 209 g/mol. The predicted molar refractivity (Wildman–Crippen MR) is 58.2 cm³/mol. The third kappa shape index (κ3) is 2.54. The molecule has 0 bridgehead atoms. The molecule has 1 aromatic rings. The van der Waals surface area contributed by atoms with E-state index in [9.17, 15) is 0 Å². The second kappa shape index (κ2) is 4.72. The largest absolute Gasteiger partial charge is 0.327 e. The Bertz CT molecular complexity index is 309. The highest BCUT2D eigenvalue weighted by molar-refractivity contribution is 4.86. The number of hydrogen-bond donors (Lipinski definition) is 1. The summed E-state index contributed by atoms with van der Waals surface area (Å²) in [6, 6.07) is 0.330.